The first kappa shape index (κ1) is 16.5. The number of nitrogens with zero attached hydrogens (tertiary/aromatic N) is 3. The SMILES string of the molecule is Cc1ccc(-c2[nH]ncc2CNCC(C)Cn2ccnc2C)cc1. The molecule has 0 saturated heterocycles. The molecule has 0 radical (unpaired) electrons. The molecule has 0 amide bonds. The Bertz CT molecular complexity index is 769. The van der Waals surface area contributed by atoms with Crippen LogP contribution in [0.1, 0.15) is 23.9 Å². The average Bonchev–Trinajstić information content (AvgIpc) is 3.18. The Morgan fingerprint density at radius 3 is 2.71 bits per heavy atom. The predicted molar refractivity (Wildman–Crippen MR) is 96.6 cm³/mol. The van der Waals surface area contributed by atoms with Gasteiger partial charge >= 0.3 is 0 Å². The van der Waals surface area contributed by atoms with Crippen molar-refractivity contribution in [3.8, 4) is 11.3 Å². The molecule has 1 aromatic carbocycles. The maximum atomic E-state index is 4.27. The molecule has 0 aliphatic heterocycles. The lowest BCUT2D eigenvalue weighted by molar-refractivity contribution is 0.440. The number of benzene rings is 1. The van der Waals surface area contributed by atoms with Crippen molar-refractivity contribution in [1.82, 2.24) is 25.1 Å². The molecule has 5 heteroatoms. The van der Waals surface area contributed by atoms with Crippen molar-refractivity contribution < 1.29 is 0 Å². The summed E-state index contributed by atoms with van der Waals surface area (Å²) in [6.45, 7) is 9.14. The van der Waals surface area contributed by atoms with Crippen LogP contribution in [0.4, 0.5) is 0 Å². The molecular formula is C19H25N5. The van der Waals surface area contributed by atoms with Crippen LogP contribution in [-0.2, 0) is 13.1 Å². The maximum absolute atomic E-state index is 4.27. The van der Waals surface area contributed by atoms with Gasteiger partial charge in [0.05, 0.1) is 11.9 Å². The monoisotopic (exact) mass is 323 g/mol. The van der Waals surface area contributed by atoms with Crippen LogP contribution in [0.25, 0.3) is 11.3 Å². The van der Waals surface area contributed by atoms with E-state index in [0.29, 0.717) is 5.92 Å². The molecule has 1 atom stereocenters. The summed E-state index contributed by atoms with van der Waals surface area (Å²) >= 11 is 0. The molecule has 3 rings (SSSR count). The summed E-state index contributed by atoms with van der Waals surface area (Å²) in [4.78, 5) is 4.27. The minimum Gasteiger partial charge on any atom is -0.335 e. The van der Waals surface area contributed by atoms with Gasteiger partial charge in [0, 0.05) is 31.0 Å². The summed E-state index contributed by atoms with van der Waals surface area (Å²) in [5, 5.41) is 10.9. The van der Waals surface area contributed by atoms with E-state index in [1.807, 2.05) is 25.5 Å². The first-order valence-corrected chi connectivity index (χ1v) is 8.41. The third-order valence-electron chi connectivity index (χ3n) is 4.30. The number of hydrogen-bond acceptors (Lipinski definition) is 3. The quantitative estimate of drug-likeness (QED) is 0.701. The van der Waals surface area contributed by atoms with Gasteiger partial charge in [0.25, 0.3) is 0 Å². The predicted octanol–water partition coefficient (Wildman–Crippen LogP) is 3.32. The number of rotatable bonds is 7. The molecule has 5 nitrogen and oxygen atoms in total. The summed E-state index contributed by atoms with van der Waals surface area (Å²) in [6, 6.07) is 8.53. The van der Waals surface area contributed by atoms with Crippen LogP contribution < -0.4 is 5.32 Å². The molecule has 0 spiro atoms. The van der Waals surface area contributed by atoms with Gasteiger partial charge in [-0.2, -0.15) is 5.10 Å². The number of H-pyrrole nitrogens is 1. The Labute approximate surface area is 143 Å². The van der Waals surface area contributed by atoms with Gasteiger partial charge in [-0.3, -0.25) is 5.10 Å². The molecule has 0 aliphatic carbocycles. The third kappa shape index (κ3) is 3.92. The topological polar surface area (TPSA) is 58.5 Å². The van der Waals surface area contributed by atoms with Crippen LogP contribution >= 0.6 is 0 Å². The van der Waals surface area contributed by atoms with Gasteiger partial charge in [0.2, 0.25) is 0 Å². The Balaban J connectivity index is 1.55. The fraction of sp³-hybridized carbons (Fsp3) is 0.368. The van der Waals surface area contributed by atoms with Crippen LogP contribution in [0.5, 0.6) is 0 Å². The number of aromatic amines is 1. The number of imidazole rings is 1. The van der Waals surface area contributed by atoms with Gasteiger partial charge in [0.1, 0.15) is 5.82 Å². The minimum absolute atomic E-state index is 0.535. The highest BCUT2D eigenvalue weighted by molar-refractivity contribution is 5.62. The van der Waals surface area contributed by atoms with Crippen molar-refractivity contribution in [3.05, 3.63) is 59.8 Å². The van der Waals surface area contributed by atoms with Crippen molar-refractivity contribution in [3.63, 3.8) is 0 Å². The van der Waals surface area contributed by atoms with Crippen molar-refractivity contribution in [2.75, 3.05) is 6.54 Å². The number of aromatic nitrogens is 4. The molecule has 0 saturated carbocycles. The van der Waals surface area contributed by atoms with Gasteiger partial charge in [-0.25, -0.2) is 4.98 Å². The van der Waals surface area contributed by atoms with Gasteiger partial charge < -0.3 is 9.88 Å². The average molecular weight is 323 g/mol. The zero-order valence-corrected chi connectivity index (χ0v) is 14.6. The molecule has 2 N–H and O–H groups in total. The maximum Gasteiger partial charge on any atom is 0.105 e. The molecular weight excluding hydrogens is 298 g/mol. The lowest BCUT2D eigenvalue weighted by Gasteiger charge is -2.14. The van der Waals surface area contributed by atoms with E-state index < -0.39 is 0 Å². The molecule has 2 heterocycles. The first-order chi connectivity index (χ1) is 11.6. The van der Waals surface area contributed by atoms with E-state index in [-0.39, 0.29) is 0 Å². The van der Waals surface area contributed by atoms with Gasteiger partial charge in [-0.15, -0.1) is 0 Å². The summed E-state index contributed by atoms with van der Waals surface area (Å²) in [5.74, 6) is 1.60. The number of aryl methyl sites for hydroxylation is 2. The standard InChI is InChI=1S/C19H25N5/c1-14-4-6-17(7-5-14)19-18(12-22-23-19)11-20-10-15(2)13-24-9-8-21-16(24)3/h4-9,12,15,20H,10-11,13H2,1-3H3,(H,22,23). The molecule has 0 aliphatic rings. The van der Waals surface area contributed by atoms with E-state index in [1.165, 1.54) is 16.7 Å². The second-order valence-electron chi connectivity index (χ2n) is 6.50. The van der Waals surface area contributed by atoms with Crippen molar-refractivity contribution >= 4 is 0 Å². The molecule has 3 aromatic rings. The molecule has 2 aromatic heterocycles. The second kappa shape index (κ2) is 7.45. The highest BCUT2D eigenvalue weighted by Gasteiger charge is 2.09. The van der Waals surface area contributed by atoms with E-state index in [0.717, 1.165) is 31.2 Å². The normalized spacial score (nSPS) is 12.5. The highest BCUT2D eigenvalue weighted by atomic mass is 15.1. The zero-order valence-electron chi connectivity index (χ0n) is 14.6. The Morgan fingerprint density at radius 1 is 1.21 bits per heavy atom. The fourth-order valence-electron chi connectivity index (χ4n) is 2.87. The largest absolute Gasteiger partial charge is 0.335 e. The first-order valence-electron chi connectivity index (χ1n) is 8.41. The Morgan fingerprint density at radius 2 is 2.00 bits per heavy atom. The van der Waals surface area contributed by atoms with E-state index in [4.69, 9.17) is 0 Å². The van der Waals surface area contributed by atoms with Crippen molar-refractivity contribution in [2.24, 2.45) is 5.92 Å². The van der Waals surface area contributed by atoms with Gasteiger partial charge in [-0.1, -0.05) is 36.8 Å². The van der Waals surface area contributed by atoms with Crippen LogP contribution in [0.2, 0.25) is 0 Å². The lowest BCUT2D eigenvalue weighted by atomic mass is 10.1. The van der Waals surface area contributed by atoms with Crippen LogP contribution in [0.3, 0.4) is 0 Å². The summed E-state index contributed by atoms with van der Waals surface area (Å²) in [7, 11) is 0. The third-order valence-corrected chi connectivity index (χ3v) is 4.30. The lowest BCUT2D eigenvalue weighted by Crippen LogP contribution is -2.24. The summed E-state index contributed by atoms with van der Waals surface area (Å²) in [5.41, 5.74) is 4.74. The molecule has 0 bridgehead atoms. The Kier molecular flexibility index (Phi) is 5.11. The zero-order chi connectivity index (χ0) is 16.9. The van der Waals surface area contributed by atoms with Gasteiger partial charge in [-0.05, 0) is 31.9 Å². The van der Waals surface area contributed by atoms with E-state index in [9.17, 15) is 0 Å². The molecule has 0 fully saturated rings. The van der Waals surface area contributed by atoms with Crippen LogP contribution in [-0.4, -0.2) is 26.3 Å². The van der Waals surface area contributed by atoms with E-state index in [2.05, 4.69) is 63.2 Å². The van der Waals surface area contributed by atoms with E-state index in [1.54, 1.807) is 0 Å². The Hall–Kier alpha value is -2.40. The number of hydrogen-bond donors (Lipinski definition) is 2. The minimum atomic E-state index is 0.535. The fourth-order valence-corrected chi connectivity index (χ4v) is 2.87. The second-order valence-corrected chi connectivity index (χ2v) is 6.50. The van der Waals surface area contributed by atoms with Crippen LogP contribution in [0.15, 0.2) is 42.9 Å². The van der Waals surface area contributed by atoms with Crippen molar-refractivity contribution in [2.45, 2.75) is 33.9 Å². The van der Waals surface area contributed by atoms with E-state index >= 15 is 0 Å². The summed E-state index contributed by atoms with van der Waals surface area (Å²) < 4.78 is 2.20. The molecule has 126 valence electrons. The highest BCUT2D eigenvalue weighted by Crippen LogP contribution is 2.21. The number of nitrogens with one attached hydrogen (secondary N) is 2. The summed E-state index contributed by atoms with van der Waals surface area (Å²) in [6.07, 6.45) is 5.80. The smallest absolute Gasteiger partial charge is 0.105 e. The molecule has 1 unspecified atom stereocenters. The van der Waals surface area contributed by atoms with Crippen LogP contribution in [0, 0.1) is 19.8 Å². The van der Waals surface area contributed by atoms with Crippen molar-refractivity contribution in [1.29, 1.82) is 0 Å². The molecule has 24 heavy (non-hydrogen) atoms. The van der Waals surface area contributed by atoms with Gasteiger partial charge in [0.15, 0.2) is 0 Å².